The molecule has 112 valence electrons. The summed E-state index contributed by atoms with van der Waals surface area (Å²) >= 11 is 3.53. The monoisotopic (exact) mass is 340 g/mol. The topological polar surface area (TPSA) is 47.3 Å². The second-order valence-corrected chi connectivity index (χ2v) is 6.87. The molecular formula is C16H25BrN2O. The Morgan fingerprint density at radius 1 is 1.35 bits per heavy atom. The Morgan fingerprint density at radius 2 is 2.05 bits per heavy atom. The van der Waals surface area contributed by atoms with Gasteiger partial charge in [0.2, 0.25) is 0 Å². The summed E-state index contributed by atoms with van der Waals surface area (Å²) in [5, 5.41) is 0. The van der Waals surface area contributed by atoms with Crippen LogP contribution in [-0.4, -0.2) is 13.2 Å². The molecule has 20 heavy (non-hydrogen) atoms. The molecule has 4 heteroatoms. The van der Waals surface area contributed by atoms with E-state index in [4.69, 9.17) is 10.6 Å². The third kappa shape index (κ3) is 3.96. The predicted octanol–water partition coefficient (Wildman–Crippen LogP) is 3.66. The van der Waals surface area contributed by atoms with Crippen molar-refractivity contribution in [2.75, 3.05) is 7.11 Å². The van der Waals surface area contributed by atoms with Crippen LogP contribution in [0.5, 0.6) is 5.75 Å². The van der Waals surface area contributed by atoms with Gasteiger partial charge >= 0.3 is 0 Å². The van der Waals surface area contributed by atoms with Gasteiger partial charge in [-0.15, -0.1) is 0 Å². The van der Waals surface area contributed by atoms with Crippen LogP contribution in [0.4, 0.5) is 0 Å². The molecule has 1 aliphatic rings. The SMILES string of the molecule is COc1ccc(Br)cc1CC(NN)C1CCC(C)CC1. The van der Waals surface area contributed by atoms with Crippen LogP contribution in [0.25, 0.3) is 0 Å². The number of hydrazine groups is 1. The fourth-order valence-electron chi connectivity index (χ4n) is 3.19. The van der Waals surface area contributed by atoms with E-state index < -0.39 is 0 Å². The van der Waals surface area contributed by atoms with Crippen molar-refractivity contribution in [3.8, 4) is 5.75 Å². The van der Waals surface area contributed by atoms with Gasteiger partial charge in [0.05, 0.1) is 7.11 Å². The van der Waals surface area contributed by atoms with Gasteiger partial charge in [-0.25, -0.2) is 0 Å². The van der Waals surface area contributed by atoms with Gasteiger partial charge in [0, 0.05) is 10.5 Å². The third-order valence-corrected chi connectivity index (χ3v) is 5.02. The number of ether oxygens (including phenoxy) is 1. The smallest absolute Gasteiger partial charge is 0.122 e. The highest BCUT2D eigenvalue weighted by molar-refractivity contribution is 9.10. The van der Waals surface area contributed by atoms with Crippen molar-refractivity contribution in [3.05, 3.63) is 28.2 Å². The fraction of sp³-hybridized carbons (Fsp3) is 0.625. The second kappa shape index (κ2) is 7.43. The van der Waals surface area contributed by atoms with Crippen molar-refractivity contribution >= 4 is 15.9 Å². The van der Waals surface area contributed by atoms with Crippen molar-refractivity contribution in [2.45, 2.75) is 45.1 Å². The fourth-order valence-corrected chi connectivity index (χ4v) is 3.60. The molecule has 0 spiro atoms. The molecule has 1 aliphatic carbocycles. The van der Waals surface area contributed by atoms with Crippen LogP contribution in [0.3, 0.4) is 0 Å². The lowest BCUT2D eigenvalue weighted by molar-refractivity contribution is 0.228. The number of benzene rings is 1. The van der Waals surface area contributed by atoms with E-state index in [-0.39, 0.29) is 0 Å². The lowest BCUT2D eigenvalue weighted by Gasteiger charge is -2.32. The number of hydrogen-bond acceptors (Lipinski definition) is 3. The number of hydrogen-bond donors (Lipinski definition) is 2. The molecule has 0 bridgehead atoms. The van der Waals surface area contributed by atoms with Crippen LogP contribution in [0.2, 0.25) is 0 Å². The van der Waals surface area contributed by atoms with Gasteiger partial charge in [-0.05, 0) is 54.9 Å². The van der Waals surface area contributed by atoms with E-state index in [1.54, 1.807) is 7.11 Å². The van der Waals surface area contributed by atoms with Gasteiger partial charge in [0.1, 0.15) is 5.75 Å². The maximum atomic E-state index is 5.81. The summed E-state index contributed by atoms with van der Waals surface area (Å²) in [6.07, 6.45) is 6.09. The van der Waals surface area contributed by atoms with E-state index >= 15 is 0 Å². The maximum absolute atomic E-state index is 5.81. The molecule has 0 amide bonds. The molecule has 3 N–H and O–H groups in total. The largest absolute Gasteiger partial charge is 0.496 e. The number of nitrogens with two attached hydrogens (primary N) is 1. The van der Waals surface area contributed by atoms with E-state index in [0.717, 1.165) is 22.6 Å². The number of rotatable bonds is 5. The summed E-state index contributed by atoms with van der Waals surface area (Å²) in [7, 11) is 1.72. The zero-order chi connectivity index (χ0) is 14.5. The second-order valence-electron chi connectivity index (χ2n) is 5.95. The molecule has 0 aliphatic heterocycles. The molecule has 1 saturated carbocycles. The molecule has 2 rings (SSSR count). The van der Waals surface area contributed by atoms with Crippen molar-refractivity contribution in [1.29, 1.82) is 0 Å². The quantitative estimate of drug-likeness (QED) is 0.635. The molecule has 1 aromatic rings. The van der Waals surface area contributed by atoms with Crippen LogP contribution < -0.4 is 16.0 Å². The standard InChI is InChI=1S/C16H25BrN2O/c1-11-3-5-12(6-4-11)15(19-18)10-13-9-14(17)7-8-16(13)20-2/h7-9,11-12,15,19H,3-6,10,18H2,1-2H3. The zero-order valence-electron chi connectivity index (χ0n) is 12.4. The first-order chi connectivity index (χ1) is 9.63. The van der Waals surface area contributed by atoms with Crippen LogP contribution >= 0.6 is 15.9 Å². The molecule has 1 unspecified atom stereocenters. The minimum atomic E-state index is 0.325. The summed E-state index contributed by atoms with van der Waals surface area (Å²) in [6.45, 7) is 2.35. The van der Waals surface area contributed by atoms with Crippen LogP contribution in [0.15, 0.2) is 22.7 Å². The lowest BCUT2D eigenvalue weighted by atomic mass is 9.78. The van der Waals surface area contributed by atoms with Crippen molar-refractivity contribution in [1.82, 2.24) is 5.43 Å². The van der Waals surface area contributed by atoms with Gasteiger partial charge in [0.15, 0.2) is 0 Å². The van der Waals surface area contributed by atoms with E-state index in [0.29, 0.717) is 12.0 Å². The highest BCUT2D eigenvalue weighted by Crippen LogP contribution is 2.33. The molecule has 1 atom stereocenters. The summed E-state index contributed by atoms with van der Waals surface area (Å²) in [5.74, 6) is 8.29. The minimum Gasteiger partial charge on any atom is -0.496 e. The summed E-state index contributed by atoms with van der Waals surface area (Å²) < 4.78 is 6.55. The van der Waals surface area contributed by atoms with E-state index in [2.05, 4.69) is 34.3 Å². The summed E-state index contributed by atoms with van der Waals surface area (Å²) in [6, 6.07) is 6.48. The van der Waals surface area contributed by atoms with Gasteiger partial charge in [0.25, 0.3) is 0 Å². The van der Waals surface area contributed by atoms with E-state index in [9.17, 15) is 0 Å². The summed E-state index contributed by atoms with van der Waals surface area (Å²) in [5.41, 5.74) is 4.25. The molecule has 1 fully saturated rings. The molecule has 1 aromatic carbocycles. The highest BCUT2D eigenvalue weighted by atomic mass is 79.9. The van der Waals surface area contributed by atoms with Gasteiger partial charge in [-0.3, -0.25) is 11.3 Å². The highest BCUT2D eigenvalue weighted by Gasteiger charge is 2.26. The Kier molecular flexibility index (Phi) is 5.87. The first-order valence-electron chi connectivity index (χ1n) is 7.42. The maximum Gasteiger partial charge on any atom is 0.122 e. The van der Waals surface area contributed by atoms with Gasteiger partial charge in [-0.2, -0.15) is 0 Å². The third-order valence-electron chi connectivity index (χ3n) is 4.53. The Hall–Kier alpha value is -0.580. The summed E-state index contributed by atoms with van der Waals surface area (Å²) in [4.78, 5) is 0. The van der Waals surface area contributed by atoms with E-state index in [1.807, 2.05) is 12.1 Å². The Labute approximate surface area is 130 Å². The van der Waals surface area contributed by atoms with Crippen LogP contribution in [0.1, 0.15) is 38.2 Å². The lowest BCUT2D eigenvalue weighted by Crippen LogP contribution is -2.43. The molecule has 0 aromatic heterocycles. The average molecular weight is 341 g/mol. The minimum absolute atomic E-state index is 0.325. The first kappa shape index (κ1) is 15.8. The Balaban J connectivity index is 2.08. The van der Waals surface area contributed by atoms with Crippen molar-refractivity contribution in [3.63, 3.8) is 0 Å². The molecular weight excluding hydrogens is 316 g/mol. The molecule has 0 radical (unpaired) electrons. The van der Waals surface area contributed by atoms with Gasteiger partial charge < -0.3 is 4.74 Å². The molecule has 0 heterocycles. The number of halogens is 1. The Morgan fingerprint density at radius 3 is 2.65 bits per heavy atom. The van der Waals surface area contributed by atoms with E-state index in [1.165, 1.54) is 31.2 Å². The van der Waals surface area contributed by atoms with Crippen molar-refractivity contribution < 1.29 is 4.74 Å². The zero-order valence-corrected chi connectivity index (χ0v) is 13.9. The molecule has 0 saturated heterocycles. The van der Waals surface area contributed by atoms with Crippen molar-refractivity contribution in [2.24, 2.45) is 17.7 Å². The average Bonchev–Trinajstić information content (AvgIpc) is 2.46. The number of methoxy groups -OCH3 is 1. The normalized spacial score (nSPS) is 24.4. The Bertz CT molecular complexity index is 430. The van der Waals surface area contributed by atoms with Gasteiger partial charge in [-0.1, -0.05) is 35.7 Å². The predicted molar refractivity (Wildman–Crippen MR) is 86.6 cm³/mol. The van der Waals surface area contributed by atoms with Crippen LogP contribution in [-0.2, 0) is 6.42 Å². The number of nitrogens with one attached hydrogen (secondary N) is 1. The van der Waals surface area contributed by atoms with Crippen LogP contribution in [0, 0.1) is 11.8 Å². The first-order valence-corrected chi connectivity index (χ1v) is 8.22. The molecule has 3 nitrogen and oxygen atoms in total.